The molecule has 2 N–H and O–H groups in total. The standard InChI is InChI=1S/C15H23BrN2O2/c1-10(19)14-5-4-11(16)6-15(14)18-9-13(20)7-12(18)8-17(2)3/h4-6,10,12-13,19-20H,7-9H2,1-3H3. The second-order valence-electron chi connectivity index (χ2n) is 5.84. The van der Waals surface area contributed by atoms with Crippen LogP contribution in [0.3, 0.4) is 0 Å². The zero-order valence-electron chi connectivity index (χ0n) is 12.3. The number of halogens is 1. The Bertz CT molecular complexity index is 465. The van der Waals surface area contributed by atoms with Crippen molar-refractivity contribution in [2.75, 3.05) is 32.1 Å². The van der Waals surface area contributed by atoms with E-state index in [1.807, 2.05) is 32.3 Å². The van der Waals surface area contributed by atoms with Crippen molar-refractivity contribution in [1.82, 2.24) is 4.90 Å². The second-order valence-corrected chi connectivity index (χ2v) is 6.75. The molecule has 112 valence electrons. The van der Waals surface area contributed by atoms with E-state index in [-0.39, 0.29) is 12.1 Å². The van der Waals surface area contributed by atoms with E-state index in [1.165, 1.54) is 0 Å². The summed E-state index contributed by atoms with van der Waals surface area (Å²) in [4.78, 5) is 4.35. The van der Waals surface area contributed by atoms with Crippen molar-refractivity contribution < 1.29 is 10.2 Å². The average Bonchev–Trinajstić information content (AvgIpc) is 2.68. The molecule has 2 rings (SSSR count). The number of aliphatic hydroxyl groups excluding tert-OH is 2. The highest BCUT2D eigenvalue weighted by atomic mass is 79.9. The van der Waals surface area contributed by atoms with Crippen LogP contribution < -0.4 is 4.90 Å². The summed E-state index contributed by atoms with van der Waals surface area (Å²) in [6, 6.07) is 6.19. The number of hydrogen-bond acceptors (Lipinski definition) is 4. The van der Waals surface area contributed by atoms with Crippen LogP contribution >= 0.6 is 15.9 Å². The fourth-order valence-electron chi connectivity index (χ4n) is 2.90. The molecular weight excluding hydrogens is 320 g/mol. The minimum atomic E-state index is -0.518. The normalized spacial score (nSPS) is 24.4. The van der Waals surface area contributed by atoms with Gasteiger partial charge in [-0.3, -0.25) is 0 Å². The molecule has 1 saturated heterocycles. The van der Waals surface area contributed by atoms with Crippen molar-refractivity contribution in [3.05, 3.63) is 28.2 Å². The lowest BCUT2D eigenvalue weighted by molar-refractivity contribution is 0.191. The van der Waals surface area contributed by atoms with Crippen LogP contribution in [0.5, 0.6) is 0 Å². The zero-order valence-corrected chi connectivity index (χ0v) is 13.8. The number of rotatable bonds is 4. The smallest absolute Gasteiger partial charge is 0.0782 e. The molecule has 4 nitrogen and oxygen atoms in total. The van der Waals surface area contributed by atoms with Crippen LogP contribution in [0.2, 0.25) is 0 Å². The molecule has 0 aromatic heterocycles. The largest absolute Gasteiger partial charge is 0.391 e. The molecule has 1 aliphatic rings. The first kappa shape index (κ1) is 15.8. The number of aliphatic hydroxyl groups is 2. The summed E-state index contributed by atoms with van der Waals surface area (Å²) in [5.74, 6) is 0. The number of hydrogen-bond donors (Lipinski definition) is 2. The maximum atomic E-state index is 10.0. The SMILES string of the molecule is CC(O)c1ccc(Br)cc1N1CC(O)CC1CN(C)C. The number of benzene rings is 1. The molecule has 0 spiro atoms. The Morgan fingerprint density at radius 2 is 2.15 bits per heavy atom. The van der Waals surface area contributed by atoms with Crippen molar-refractivity contribution in [3.8, 4) is 0 Å². The first-order chi connectivity index (χ1) is 9.38. The third kappa shape index (κ3) is 3.52. The summed E-state index contributed by atoms with van der Waals surface area (Å²) in [5, 5.41) is 20.0. The molecule has 0 bridgehead atoms. The average molecular weight is 343 g/mol. The quantitative estimate of drug-likeness (QED) is 0.878. The number of nitrogens with zero attached hydrogens (tertiary/aromatic N) is 2. The third-order valence-electron chi connectivity index (χ3n) is 3.72. The van der Waals surface area contributed by atoms with Gasteiger partial charge in [0.05, 0.1) is 12.2 Å². The van der Waals surface area contributed by atoms with Crippen LogP contribution in [-0.4, -0.2) is 54.4 Å². The Balaban J connectivity index is 2.35. The summed E-state index contributed by atoms with van der Waals surface area (Å²) in [6.07, 6.45) is -0.0548. The van der Waals surface area contributed by atoms with Crippen molar-refractivity contribution in [1.29, 1.82) is 0 Å². The highest BCUT2D eigenvalue weighted by Gasteiger charge is 2.32. The molecule has 1 aromatic carbocycles. The molecule has 3 atom stereocenters. The maximum Gasteiger partial charge on any atom is 0.0782 e. The van der Waals surface area contributed by atoms with Gasteiger partial charge >= 0.3 is 0 Å². The summed E-state index contributed by atoms with van der Waals surface area (Å²) < 4.78 is 0.988. The minimum absolute atomic E-state index is 0.270. The molecule has 5 heteroatoms. The summed E-state index contributed by atoms with van der Waals surface area (Å²) in [6.45, 7) is 3.29. The van der Waals surface area contributed by atoms with Gasteiger partial charge in [-0.25, -0.2) is 0 Å². The van der Waals surface area contributed by atoms with Gasteiger partial charge in [-0.05, 0) is 39.6 Å². The van der Waals surface area contributed by atoms with Crippen molar-refractivity contribution in [3.63, 3.8) is 0 Å². The van der Waals surface area contributed by atoms with Gasteiger partial charge in [0.2, 0.25) is 0 Å². The molecule has 1 fully saturated rings. The van der Waals surface area contributed by atoms with E-state index in [4.69, 9.17) is 0 Å². The highest BCUT2D eigenvalue weighted by Crippen LogP contribution is 2.34. The van der Waals surface area contributed by atoms with Gasteiger partial charge < -0.3 is 20.0 Å². The van der Waals surface area contributed by atoms with Crippen molar-refractivity contribution in [2.24, 2.45) is 0 Å². The van der Waals surface area contributed by atoms with E-state index in [1.54, 1.807) is 6.92 Å². The Morgan fingerprint density at radius 1 is 1.45 bits per heavy atom. The number of β-amino-alcohol motifs (C(OH)–C–C–N with tert-alkyl or cyclic N) is 1. The fourth-order valence-corrected chi connectivity index (χ4v) is 3.25. The Morgan fingerprint density at radius 3 is 2.75 bits per heavy atom. The fraction of sp³-hybridized carbons (Fsp3) is 0.600. The summed E-state index contributed by atoms with van der Waals surface area (Å²) in [7, 11) is 4.08. The van der Waals surface area contributed by atoms with Crippen LogP contribution in [0.4, 0.5) is 5.69 Å². The Kier molecular flexibility index (Phi) is 5.07. The van der Waals surface area contributed by atoms with E-state index in [0.717, 1.165) is 28.7 Å². The van der Waals surface area contributed by atoms with Crippen molar-refractivity contribution in [2.45, 2.75) is 31.6 Å². The van der Waals surface area contributed by atoms with Crippen LogP contribution in [-0.2, 0) is 0 Å². The van der Waals surface area contributed by atoms with Gasteiger partial charge in [0.25, 0.3) is 0 Å². The molecule has 1 heterocycles. The van der Waals surface area contributed by atoms with Gasteiger partial charge in [0.1, 0.15) is 0 Å². The highest BCUT2D eigenvalue weighted by molar-refractivity contribution is 9.10. The molecule has 1 aliphatic heterocycles. The molecule has 0 radical (unpaired) electrons. The Hall–Kier alpha value is -0.620. The van der Waals surface area contributed by atoms with Gasteiger partial charge in [-0.2, -0.15) is 0 Å². The molecule has 0 saturated carbocycles. The van der Waals surface area contributed by atoms with E-state index in [9.17, 15) is 10.2 Å². The van der Waals surface area contributed by atoms with Gasteiger partial charge in [-0.15, -0.1) is 0 Å². The predicted octanol–water partition coefficient (Wildman–Crippen LogP) is 2.00. The first-order valence-corrected chi connectivity index (χ1v) is 7.74. The summed E-state index contributed by atoms with van der Waals surface area (Å²) in [5.41, 5.74) is 1.92. The number of anilines is 1. The summed E-state index contributed by atoms with van der Waals surface area (Å²) >= 11 is 3.50. The monoisotopic (exact) mass is 342 g/mol. The molecule has 1 aromatic rings. The third-order valence-corrected chi connectivity index (χ3v) is 4.21. The topological polar surface area (TPSA) is 46.9 Å². The van der Waals surface area contributed by atoms with E-state index < -0.39 is 6.10 Å². The van der Waals surface area contributed by atoms with Gasteiger partial charge in [0.15, 0.2) is 0 Å². The van der Waals surface area contributed by atoms with Crippen molar-refractivity contribution >= 4 is 21.6 Å². The molecule has 3 unspecified atom stereocenters. The van der Waals surface area contributed by atoms with E-state index in [2.05, 4.69) is 25.7 Å². The molecular formula is C15H23BrN2O2. The Labute approximate surface area is 129 Å². The van der Waals surface area contributed by atoms with Crippen LogP contribution in [0.1, 0.15) is 25.0 Å². The molecule has 0 aliphatic carbocycles. The zero-order chi connectivity index (χ0) is 14.9. The van der Waals surface area contributed by atoms with E-state index >= 15 is 0 Å². The lowest BCUT2D eigenvalue weighted by Crippen LogP contribution is -2.38. The molecule has 20 heavy (non-hydrogen) atoms. The van der Waals surface area contributed by atoms with Crippen LogP contribution in [0, 0.1) is 0 Å². The minimum Gasteiger partial charge on any atom is -0.391 e. The predicted molar refractivity (Wildman–Crippen MR) is 85.1 cm³/mol. The lowest BCUT2D eigenvalue weighted by Gasteiger charge is -2.31. The van der Waals surface area contributed by atoms with Gasteiger partial charge in [-0.1, -0.05) is 22.0 Å². The van der Waals surface area contributed by atoms with E-state index in [0.29, 0.717) is 6.54 Å². The maximum absolute atomic E-state index is 10.0. The van der Waals surface area contributed by atoms with Crippen LogP contribution in [0.15, 0.2) is 22.7 Å². The molecule has 0 amide bonds. The second kappa shape index (κ2) is 6.43. The number of likely N-dealkylation sites (N-methyl/N-ethyl adjacent to an activating group) is 1. The van der Waals surface area contributed by atoms with Gasteiger partial charge in [0, 0.05) is 34.9 Å². The van der Waals surface area contributed by atoms with Crippen LogP contribution in [0.25, 0.3) is 0 Å². The lowest BCUT2D eigenvalue weighted by atomic mass is 10.1. The first-order valence-electron chi connectivity index (χ1n) is 6.95.